The number of aliphatic hydroxyl groups is 4. The molecule has 9 heavy (non-hydrogen) atoms. The molecule has 0 aliphatic heterocycles. The number of hydrogen-bond acceptors (Lipinski definition) is 4. The third-order valence-electron chi connectivity index (χ3n) is 1.11. The second-order valence-electron chi connectivity index (χ2n) is 1.77. The minimum atomic E-state index is -0.632. The quantitative estimate of drug-likeness (QED) is 0.395. The Labute approximate surface area is 51.0 Å². The standard InChI is InChI=1S/C5H6O4/c6-2-1-3(7)5(9)4(2)8/h6-9H,1H2. The van der Waals surface area contributed by atoms with Crippen molar-refractivity contribution in [3.05, 3.63) is 23.0 Å². The van der Waals surface area contributed by atoms with Crippen LogP contribution in [-0.2, 0) is 0 Å². The van der Waals surface area contributed by atoms with E-state index < -0.39 is 23.0 Å². The minimum Gasteiger partial charge on any atom is -0.508 e. The van der Waals surface area contributed by atoms with Gasteiger partial charge in [0.2, 0.25) is 0 Å². The van der Waals surface area contributed by atoms with Gasteiger partial charge in [0.25, 0.3) is 0 Å². The second kappa shape index (κ2) is 1.58. The molecule has 0 aromatic rings. The SMILES string of the molecule is OC1=C(O)C(O)=C(O)C1. The van der Waals surface area contributed by atoms with Crippen molar-refractivity contribution in [1.29, 1.82) is 0 Å². The summed E-state index contributed by atoms with van der Waals surface area (Å²) in [4.78, 5) is 0. The fourth-order valence-corrected chi connectivity index (χ4v) is 0.599. The molecule has 0 spiro atoms. The Hall–Kier alpha value is -1.32. The Balaban J connectivity index is 2.97. The Morgan fingerprint density at radius 1 is 0.778 bits per heavy atom. The summed E-state index contributed by atoms with van der Waals surface area (Å²) >= 11 is 0. The van der Waals surface area contributed by atoms with E-state index in [9.17, 15) is 0 Å². The van der Waals surface area contributed by atoms with Crippen LogP contribution in [0.4, 0.5) is 0 Å². The fourth-order valence-electron chi connectivity index (χ4n) is 0.599. The summed E-state index contributed by atoms with van der Waals surface area (Å²) in [6, 6.07) is 0. The summed E-state index contributed by atoms with van der Waals surface area (Å²) in [6.45, 7) is 0. The smallest absolute Gasteiger partial charge is 0.199 e. The lowest BCUT2D eigenvalue weighted by molar-refractivity contribution is 0.287. The zero-order chi connectivity index (χ0) is 7.02. The molecule has 0 aromatic carbocycles. The van der Waals surface area contributed by atoms with Crippen molar-refractivity contribution in [2.24, 2.45) is 0 Å². The van der Waals surface area contributed by atoms with Crippen molar-refractivity contribution >= 4 is 0 Å². The van der Waals surface area contributed by atoms with E-state index in [0.717, 1.165) is 0 Å². The summed E-state index contributed by atoms with van der Waals surface area (Å²) in [5.74, 6) is -2.06. The van der Waals surface area contributed by atoms with Crippen LogP contribution in [0, 0.1) is 0 Å². The highest BCUT2D eigenvalue weighted by Crippen LogP contribution is 2.24. The molecule has 0 saturated carbocycles. The van der Waals surface area contributed by atoms with Gasteiger partial charge in [0, 0.05) is 0 Å². The van der Waals surface area contributed by atoms with E-state index in [2.05, 4.69) is 0 Å². The normalized spacial score (nSPS) is 19.6. The Morgan fingerprint density at radius 2 is 1.11 bits per heavy atom. The molecule has 0 amide bonds. The summed E-state index contributed by atoms with van der Waals surface area (Å²) in [7, 11) is 0. The molecular formula is C5H6O4. The molecule has 1 rings (SSSR count). The first-order chi connectivity index (χ1) is 4.13. The lowest BCUT2D eigenvalue weighted by atomic mass is 10.4. The molecule has 0 saturated heterocycles. The molecule has 0 aromatic heterocycles. The van der Waals surface area contributed by atoms with Gasteiger partial charge in [0.1, 0.15) is 11.5 Å². The van der Waals surface area contributed by atoms with Crippen molar-refractivity contribution in [3.63, 3.8) is 0 Å². The predicted octanol–water partition coefficient (Wildman–Crippen LogP) is 1.05. The highest BCUT2D eigenvalue weighted by Gasteiger charge is 2.22. The van der Waals surface area contributed by atoms with E-state index in [1.165, 1.54) is 0 Å². The summed E-state index contributed by atoms with van der Waals surface area (Å²) in [5.41, 5.74) is 0. The first-order valence-corrected chi connectivity index (χ1v) is 2.35. The maximum absolute atomic E-state index is 8.61. The van der Waals surface area contributed by atoms with Gasteiger partial charge < -0.3 is 20.4 Å². The Morgan fingerprint density at radius 3 is 1.22 bits per heavy atom. The number of aliphatic hydroxyl groups excluding tert-OH is 4. The maximum atomic E-state index is 8.61. The van der Waals surface area contributed by atoms with E-state index in [1.807, 2.05) is 0 Å². The van der Waals surface area contributed by atoms with Gasteiger partial charge in [-0.3, -0.25) is 0 Å². The third-order valence-corrected chi connectivity index (χ3v) is 1.11. The van der Waals surface area contributed by atoms with Gasteiger partial charge in [0.15, 0.2) is 11.5 Å². The molecule has 0 radical (unpaired) electrons. The lowest BCUT2D eigenvalue weighted by Gasteiger charge is -1.90. The van der Waals surface area contributed by atoms with Gasteiger partial charge in [-0.05, 0) is 0 Å². The average Bonchev–Trinajstić information content (AvgIpc) is 1.98. The molecule has 50 valence electrons. The molecular weight excluding hydrogens is 124 g/mol. The van der Waals surface area contributed by atoms with Gasteiger partial charge >= 0.3 is 0 Å². The van der Waals surface area contributed by atoms with Crippen molar-refractivity contribution in [1.82, 2.24) is 0 Å². The molecule has 0 heterocycles. The zero-order valence-electron chi connectivity index (χ0n) is 4.50. The summed E-state index contributed by atoms with van der Waals surface area (Å²) in [5, 5.41) is 34.4. The fraction of sp³-hybridized carbons (Fsp3) is 0.200. The monoisotopic (exact) mass is 130 g/mol. The molecule has 4 N–H and O–H groups in total. The van der Waals surface area contributed by atoms with E-state index >= 15 is 0 Å². The van der Waals surface area contributed by atoms with Crippen molar-refractivity contribution < 1.29 is 20.4 Å². The molecule has 4 heteroatoms. The van der Waals surface area contributed by atoms with Crippen LogP contribution in [0.25, 0.3) is 0 Å². The molecule has 0 unspecified atom stereocenters. The largest absolute Gasteiger partial charge is 0.508 e. The maximum Gasteiger partial charge on any atom is 0.199 e. The molecule has 1 aliphatic carbocycles. The van der Waals surface area contributed by atoms with Crippen LogP contribution in [-0.4, -0.2) is 20.4 Å². The molecule has 0 atom stereocenters. The van der Waals surface area contributed by atoms with Crippen LogP contribution in [0.3, 0.4) is 0 Å². The van der Waals surface area contributed by atoms with Crippen molar-refractivity contribution in [2.75, 3.05) is 0 Å². The third kappa shape index (κ3) is 0.679. The van der Waals surface area contributed by atoms with Gasteiger partial charge in [0.05, 0.1) is 6.42 Å². The molecule has 4 nitrogen and oxygen atoms in total. The molecule has 0 fully saturated rings. The van der Waals surface area contributed by atoms with Gasteiger partial charge in [-0.15, -0.1) is 0 Å². The highest BCUT2D eigenvalue weighted by atomic mass is 16.4. The van der Waals surface area contributed by atoms with Crippen LogP contribution in [0.15, 0.2) is 23.0 Å². The minimum absolute atomic E-state index is 0.183. The average molecular weight is 130 g/mol. The first kappa shape index (κ1) is 5.81. The van der Waals surface area contributed by atoms with Crippen LogP contribution < -0.4 is 0 Å². The van der Waals surface area contributed by atoms with E-state index in [1.54, 1.807) is 0 Å². The van der Waals surface area contributed by atoms with Crippen LogP contribution >= 0.6 is 0 Å². The second-order valence-corrected chi connectivity index (χ2v) is 1.77. The lowest BCUT2D eigenvalue weighted by Crippen LogP contribution is -1.85. The Kier molecular flexibility index (Phi) is 1.02. The van der Waals surface area contributed by atoms with E-state index in [-0.39, 0.29) is 6.42 Å². The van der Waals surface area contributed by atoms with Gasteiger partial charge in [-0.2, -0.15) is 0 Å². The van der Waals surface area contributed by atoms with Crippen LogP contribution in [0.2, 0.25) is 0 Å². The number of hydrogen-bond donors (Lipinski definition) is 4. The summed E-state index contributed by atoms with van der Waals surface area (Å²) in [6.07, 6.45) is -0.183. The van der Waals surface area contributed by atoms with Gasteiger partial charge in [-0.25, -0.2) is 0 Å². The van der Waals surface area contributed by atoms with Crippen molar-refractivity contribution in [2.45, 2.75) is 6.42 Å². The van der Waals surface area contributed by atoms with Crippen LogP contribution in [0.5, 0.6) is 0 Å². The predicted molar refractivity (Wildman–Crippen MR) is 29.2 cm³/mol. The molecule has 0 bridgehead atoms. The molecule has 1 aliphatic rings. The van der Waals surface area contributed by atoms with E-state index in [0.29, 0.717) is 0 Å². The highest BCUT2D eigenvalue weighted by molar-refractivity contribution is 5.32. The topological polar surface area (TPSA) is 80.9 Å². The number of rotatable bonds is 0. The van der Waals surface area contributed by atoms with Gasteiger partial charge in [-0.1, -0.05) is 0 Å². The van der Waals surface area contributed by atoms with E-state index in [4.69, 9.17) is 20.4 Å². The Bertz CT molecular complexity index is 179. The summed E-state index contributed by atoms with van der Waals surface area (Å²) < 4.78 is 0. The van der Waals surface area contributed by atoms with Crippen molar-refractivity contribution in [3.8, 4) is 0 Å². The van der Waals surface area contributed by atoms with Crippen LogP contribution in [0.1, 0.15) is 6.42 Å². The first-order valence-electron chi connectivity index (χ1n) is 2.35. The zero-order valence-corrected chi connectivity index (χ0v) is 4.50.